The smallest absolute Gasteiger partial charge is 0.110 e. The molecule has 0 radical (unpaired) electrons. The summed E-state index contributed by atoms with van der Waals surface area (Å²) < 4.78 is 5.28. The monoisotopic (exact) mass is 293 g/mol. The Hall–Kier alpha value is -0.160. The highest BCUT2D eigenvalue weighted by Crippen LogP contribution is 2.24. The minimum atomic E-state index is -0.332. The second-order valence-electron chi connectivity index (χ2n) is 3.45. The van der Waals surface area contributed by atoms with Crippen LogP contribution in [-0.4, -0.2) is 11.3 Å². The van der Waals surface area contributed by atoms with E-state index >= 15 is 0 Å². The molecule has 0 aliphatic rings. The van der Waals surface area contributed by atoms with Crippen molar-refractivity contribution in [1.82, 2.24) is 0 Å². The van der Waals surface area contributed by atoms with Crippen LogP contribution >= 0.6 is 23.0 Å². The van der Waals surface area contributed by atoms with Crippen LogP contribution in [0.1, 0.15) is 27.7 Å². The third-order valence-electron chi connectivity index (χ3n) is 1.57. The Labute approximate surface area is 94.5 Å². The Morgan fingerprint density at radius 1 is 1.46 bits per heavy atom. The second-order valence-corrected chi connectivity index (χ2v) is 3.89. The van der Waals surface area contributed by atoms with Crippen LogP contribution in [0.2, 0.25) is 0 Å². The van der Waals surface area contributed by atoms with Gasteiger partial charge in [-0.15, -0.1) is 0 Å². The molecule has 0 atom stereocenters. The maximum atomic E-state index is 5.28. The average Bonchev–Trinajstić information content (AvgIpc) is 2.04. The zero-order valence-electron chi connectivity index (χ0n) is 8.60. The molecule has 2 nitrogen and oxygen atoms in total. The summed E-state index contributed by atoms with van der Waals surface area (Å²) in [5.41, 5.74) is 1.66. The van der Waals surface area contributed by atoms with E-state index in [1.54, 1.807) is 12.3 Å². The predicted octanol–water partition coefficient (Wildman–Crippen LogP) is 3.68. The minimum absolute atomic E-state index is 0.332. The summed E-state index contributed by atoms with van der Waals surface area (Å²) in [6.07, 6.45) is 3.56. The first kappa shape index (κ1) is 12.8. The highest BCUT2D eigenvalue weighted by atomic mass is 127. The van der Waals surface area contributed by atoms with Crippen LogP contribution < -0.4 is 0 Å². The largest absolute Gasteiger partial charge is 0.305 e. The summed E-state index contributed by atoms with van der Waals surface area (Å²) in [7, 11) is 0. The maximum Gasteiger partial charge on any atom is 0.110 e. The molecule has 0 aromatic rings. The second kappa shape index (κ2) is 5.54. The summed E-state index contributed by atoms with van der Waals surface area (Å²) in [6, 6.07) is 0. The highest BCUT2D eigenvalue weighted by molar-refractivity contribution is 14.1. The number of hydrogen-bond donors (Lipinski definition) is 0. The van der Waals surface area contributed by atoms with Gasteiger partial charge in [0.2, 0.25) is 0 Å². The molecule has 74 valence electrons. The van der Waals surface area contributed by atoms with Crippen molar-refractivity contribution < 1.29 is 3.07 Å². The van der Waals surface area contributed by atoms with Crippen molar-refractivity contribution >= 4 is 28.7 Å². The van der Waals surface area contributed by atoms with E-state index in [1.165, 1.54) is 0 Å². The van der Waals surface area contributed by atoms with Gasteiger partial charge in [-0.3, -0.25) is 4.99 Å². The molecule has 0 amide bonds. The lowest BCUT2D eigenvalue weighted by atomic mass is 9.99. The van der Waals surface area contributed by atoms with Crippen molar-refractivity contribution in [2.45, 2.75) is 33.3 Å². The standard InChI is InChI=1S/C10H16INO/c1-6-9(7-12-8(2)3)10(4,5)13-11/h6-7H,1H2,2-5H3/b9-7+. The number of hydrogen-bond acceptors (Lipinski definition) is 2. The summed E-state index contributed by atoms with van der Waals surface area (Å²) in [5, 5.41) is 0. The Morgan fingerprint density at radius 3 is 2.31 bits per heavy atom. The SMILES string of the molecule is C=C/C(=C\N=C(C)C)C(C)(C)OI. The third kappa shape index (κ3) is 4.57. The molecule has 0 rings (SSSR count). The van der Waals surface area contributed by atoms with Crippen molar-refractivity contribution in [2.24, 2.45) is 4.99 Å². The Kier molecular flexibility index (Phi) is 5.48. The first-order valence-corrected chi connectivity index (χ1v) is 4.96. The van der Waals surface area contributed by atoms with Gasteiger partial charge in [-0.05, 0) is 27.7 Å². The molecule has 0 spiro atoms. The molecular weight excluding hydrogens is 277 g/mol. The highest BCUT2D eigenvalue weighted by Gasteiger charge is 2.20. The van der Waals surface area contributed by atoms with E-state index in [0.29, 0.717) is 0 Å². The predicted molar refractivity (Wildman–Crippen MR) is 66.2 cm³/mol. The normalized spacial score (nSPS) is 12.5. The Balaban J connectivity index is 4.80. The molecule has 0 aliphatic heterocycles. The van der Waals surface area contributed by atoms with Crippen LogP contribution in [0.25, 0.3) is 0 Å². The minimum Gasteiger partial charge on any atom is -0.305 e. The van der Waals surface area contributed by atoms with Crippen molar-refractivity contribution in [3.63, 3.8) is 0 Å². The molecule has 0 fully saturated rings. The summed E-state index contributed by atoms with van der Waals surface area (Å²) in [6.45, 7) is 11.6. The quantitative estimate of drug-likeness (QED) is 0.440. The zero-order chi connectivity index (χ0) is 10.5. The first-order chi connectivity index (χ1) is 5.94. The molecule has 0 unspecified atom stereocenters. The van der Waals surface area contributed by atoms with Gasteiger partial charge in [0.05, 0.1) is 0 Å². The van der Waals surface area contributed by atoms with E-state index in [1.807, 2.05) is 50.7 Å². The molecule has 0 aromatic heterocycles. The lowest BCUT2D eigenvalue weighted by molar-refractivity contribution is 0.226. The van der Waals surface area contributed by atoms with Gasteiger partial charge in [0, 0.05) is 17.5 Å². The first-order valence-electron chi connectivity index (χ1n) is 4.08. The molecular formula is C10H16INO. The van der Waals surface area contributed by atoms with Crippen LogP contribution in [0, 0.1) is 0 Å². The zero-order valence-corrected chi connectivity index (χ0v) is 10.8. The van der Waals surface area contributed by atoms with Gasteiger partial charge in [-0.1, -0.05) is 12.7 Å². The van der Waals surface area contributed by atoms with Crippen LogP contribution in [-0.2, 0) is 3.07 Å². The summed E-state index contributed by atoms with van der Waals surface area (Å²) >= 11 is 1.89. The molecule has 0 aliphatic carbocycles. The van der Waals surface area contributed by atoms with Gasteiger partial charge >= 0.3 is 0 Å². The van der Waals surface area contributed by atoms with E-state index < -0.39 is 0 Å². The Bertz CT molecular complexity index is 237. The van der Waals surface area contributed by atoms with Crippen molar-refractivity contribution in [2.75, 3.05) is 0 Å². The van der Waals surface area contributed by atoms with Crippen LogP contribution in [0.5, 0.6) is 0 Å². The van der Waals surface area contributed by atoms with E-state index in [4.69, 9.17) is 3.07 Å². The number of aliphatic imine (C=N–C) groups is 1. The van der Waals surface area contributed by atoms with Gasteiger partial charge in [-0.25, -0.2) is 0 Å². The number of nitrogens with zero attached hydrogens (tertiary/aromatic N) is 1. The van der Waals surface area contributed by atoms with Gasteiger partial charge in [-0.2, -0.15) is 0 Å². The van der Waals surface area contributed by atoms with Crippen molar-refractivity contribution in [3.05, 3.63) is 24.4 Å². The van der Waals surface area contributed by atoms with Crippen molar-refractivity contribution in [1.29, 1.82) is 0 Å². The van der Waals surface area contributed by atoms with Crippen LogP contribution in [0.15, 0.2) is 29.4 Å². The van der Waals surface area contributed by atoms with E-state index in [-0.39, 0.29) is 5.60 Å². The Morgan fingerprint density at radius 2 is 2.00 bits per heavy atom. The fourth-order valence-electron chi connectivity index (χ4n) is 0.697. The van der Waals surface area contributed by atoms with Crippen molar-refractivity contribution in [3.8, 4) is 0 Å². The molecule has 0 saturated carbocycles. The van der Waals surface area contributed by atoms with Crippen LogP contribution in [0.3, 0.4) is 0 Å². The topological polar surface area (TPSA) is 21.6 Å². The van der Waals surface area contributed by atoms with Crippen LogP contribution in [0.4, 0.5) is 0 Å². The molecule has 0 saturated heterocycles. The summed E-state index contributed by atoms with van der Waals surface area (Å²) in [5.74, 6) is 0. The van der Waals surface area contributed by atoms with E-state index in [2.05, 4.69) is 11.6 Å². The maximum absolute atomic E-state index is 5.28. The number of halogens is 1. The average molecular weight is 293 g/mol. The van der Waals surface area contributed by atoms with Gasteiger partial charge < -0.3 is 3.07 Å². The molecule has 0 N–H and O–H groups in total. The third-order valence-corrected chi connectivity index (χ3v) is 2.67. The lowest BCUT2D eigenvalue weighted by Crippen LogP contribution is -2.21. The molecule has 0 aromatic carbocycles. The lowest BCUT2D eigenvalue weighted by Gasteiger charge is -2.21. The molecule has 0 heterocycles. The van der Waals surface area contributed by atoms with E-state index in [9.17, 15) is 0 Å². The van der Waals surface area contributed by atoms with Gasteiger partial charge in [0.15, 0.2) is 0 Å². The summed E-state index contributed by atoms with van der Waals surface area (Å²) in [4.78, 5) is 4.21. The molecule has 0 bridgehead atoms. The number of rotatable bonds is 4. The fraction of sp³-hybridized carbons (Fsp3) is 0.500. The molecule has 13 heavy (non-hydrogen) atoms. The molecule has 3 heteroatoms. The fourth-order valence-corrected chi connectivity index (χ4v) is 0.951. The van der Waals surface area contributed by atoms with E-state index in [0.717, 1.165) is 11.3 Å². The van der Waals surface area contributed by atoms with Gasteiger partial charge in [0.25, 0.3) is 0 Å². The van der Waals surface area contributed by atoms with Gasteiger partial charge in [0.1, 0.15) is 28.6 Å².